The van der Waals surface area contributed by atoms with Crippen LogP contribution in [0.25, 0.3) is 0 Å². The molecule has 0 aromatic rings. The Morgan fingerprint density at radius 1 is 1.10 bits per heavy atom. The second-order valence-electron chi connectivity index (χ2n) is 6.24. The van der Waals surface area contributed by atoms with Crippen molar-refractivity contribution in [3.63, 3.8) is 0 Å². The van der Waals surface area contributed by atoms with Crippen molar-refractivity contribution in [3.05, 3.63) is 0 Å². The van der Waals surface area contributed by atoms with E-state index in [-0.39, 0.29) is 5.91 Å². The maximum Gasteiger partial charge on any atom is 0.243 e. The van der Waals surface area contributed by atoms with Crippen LogP contribution in [0, 0.1) is 16.7 Å². The molecule has 0 unspecified atom stereocenters. The van der Waals surface area contributed by atoms with Gasteiger partial charge in [0.05, 0.1) is 6.07 Å². The fourth-order valence-electron chi connectivity index (χ4n) is 3.50. The van der Waals surface area contributed by atoms with Gasteiger partial charge in [-0.05, 0) is 25.8 Å². The summed E-state index contributed by atoms with van der Waals surface area (Å²) in [5.74, 6) is 0.109. The summed E-state index contributed by atoms with van der Waals surface area (Å²) in [6.07, 6.45) is 7.07. The lowest BCUT2D eigenvalue weighted by Gasteiger charge is -2.38. The molecule has 0 spiro atoms. The Hall–Kier alpha value is -1.08. The first kappa shape index (κ1) is 15.3. The molecule has 1 saturated heterocycles. The third-order valence-corrected chi connectivity index (χ3v) is 4.78. The quantitative estimate of drug-likeness (QED) is 0.744. The van der Waals surface area contributed by atoms with Gasteiger partial charge in [-0.25, -0.2) is 0 Å². The summed E-state index contributed by atoms with van der Waals surface area (Å²) in [6.45, 7) is 6.81. The summed E-state index contributed by atoms with van der Waals surface area (Å²) < 4.78 is 0. The van der Waals surface area contributed by atoms with Gasteiger partial charge in [0.2, 0.25) is 5.91 Å². The molecule has 0 bridgehead atoms. The highest BCUT2D eigenvalue weighted by atomic mass is 16.2. The number of carbonyl (C=O) groups excluding carboxylic acids is 1. The fourth-order valence-corrected chi connectivity index (χ4v) is 3.50. The smallest absolute Gasteiger partial charge is 0.243 e. The highest BCUT2D eigenvalue weighted by molar-refractivity contribution is 5.85. The van der Waals surface area contributed by atoms with E-state index in [9.17, 15) is 10.1 Å². The minimum Gasteiger partial charge on any atom is -0.339 e. The van der Waals surface area contributed by atoms with Gasteiger partial charge in [0.1, 0.15) is 5.41 Å². The van der Waals surface area contributed by atoms with Crippen molar-refractivity contribution >= 4 is 5.91 Å². The van der Waals surface area contributed by atoms with E-state index in [1.54, 1.807) is 0 Å². The van der Waals surface area contributed by atoms with E-state index in [1.807, 2.05) is 4.90 Å². The number of carbonyl (C=O) groups is 1. The molecule has 0 N–H and O–H groups in total. The third kappa shape index (κ3) is 3.32. The molecular formula is C16H27N3O. The van der Waals surface area contributed by atoms with Crippen LogP contribution < -0.4 is 0 Å². The molecule has 4 nitrogen and oxygen atoms in total. The van der Waals surface area contributed by atoms with Gasteiger partial charge in [0, 0.05) is 26.2 Å². The highest BCUT2D eigenvalue weighted by Gasteiger charge is 2.42. The van der Waals surface area contributed by atoms with E-state index < -0.39 is 5.41 Å². The van der Waals surface area contributed by atoms with Crippen LogP contribution in [-0.2, 0) is 4.79 Å². The van der Waals surface area contributed by atoms with Crippen LogP contribution >= 0.6 is 0 Å². The number of piperazine rings is 1. The molecule has 2 rings (SSSR count). The van der Waals surface area contributed by atoms with Gasteiger partial charge in [-0.2, -0.15) is 5.26 Å². The number of hydrogen-bond donors (Lipinski definition) is 0. The molecule has 1 aliphatic heterocycles. The maximum atomic E-state index is 12.8. The molecule has 1 saturated carbocycles. The summed E-state index contributed by atoms with van der Waals surface area (Å²) in [4.78, 5) is 17.2. The molecule has 0 aromatic heterocycles. The zero-order chi connectivity index (χ0) is 14.4. The molecular weight excluding hydrogens is 250 g/mol. The van der Waals surface area contributed by atoms with Gasteiger partial charge >= 0.3 is 0 Å². The summed E-state index contributed by atoms with van der Waals surface area (Å²) in [7, 11) is 0. The van der Waals surface area contributed by atoms with Gasteiger partial charge in [-0.3, -0.25) is 9.69 Å². The van der Waals surface area contributed by atoms with E-state index >= 15 is 0 Å². The molecule has 1 heterocycles. The van der Waals surface area contributed by atoms with Crippen LogP contribution in [0.5, 0.6) is 0 Å². The summed E-state index contributed by atoms with van der Waals surface area (Å²) >= 11 is 0. The lowest BCUT2D eigenvalue weighted by Crippen LogP contribution is -2.53. The number of nitrogens with zero attached hydrogens (tertiary/aromatic N) is 3. The number of hydrogen-bond acceptors (Lipinski definition) is 3. The van der Waals surface area contributed by atoms with Crippen molar-refractivity contribution in [3.8, 4) is 6.07 Å². The third-order valence-electron chi connectivity index (χ3n) is 4.78. The molecule has 0 atom stereocenters. The molecule has 4 heteroatoms. The van der Waals surface area contributed by atoms with E-state index in [0.717, 1.165) is 64.8 Å². The molecule has 0 aromatic carbocycles. The van der Waals surface area contributed by atoms with Crippen LogP contribution in [0.4, 0.5) is 0 Å². The Balaban J connectivity index is 1.97. The monoisotopic (exact) mass is 277 g/mol. The first-order valence-electron chi connectivity index (χ1n) is 8.15. The minimum absolute atomic E-state index is 0.109. The van der Waals surface area contributed by atoms with Gasteiger partial charge in [0.15, 0.2) is 0 Å². The number of amides is 1. The second kappa shape index (κ2) is 7.08. The van der Waals surface area contributed by atoms with Crippen LogP contribution in [0.15, 0.2) is 0 Å². The molecule has 20 heavy (non-hydrogen) atoms. The van der Waals surface area contributed by atoms with Crippen LogP contribution in [-0.4, -0.2) is 48.4 Å². The first-order valence-corrected chi connectivity index (χ1v) is 8.15. The largest absolute Gasteiger partial charge is 0.339 e. The summed E-state index contributed by atoms with van der Waals surface area (Å²) in [6, 6.07) is 2.39. The number of rotatable bonds is 3. The van der Waals surface area contributed by atoms with E-state index in [0.29, 0.717) is 0 Å². The van der Waals surface area contributed by atoms with Gasteiger partial charge in [-0.1, -0.05) is 32.6 Å². The lowest BCUT2D eigenvalue weighted by molar-refractivity contribution is -0.141. The Morgan fingerprint density at radius 2 is 1.70 bits per heavy atom. The number of nitriles is 1. The van der Waals surface area contributed by atoms with Crippen molar-refractivity contribution in [2.45, 2.75) is 51.9 Å². The van der Waals surface area contributed by atoms with Gasteiger partial charge < -0.3 is 4.90 Å². The molecule has 112 valence electrons. The fraction of sp³-hybridized carbons (Fsp3) is 0.875. The predicted octanol–water partition coefficient (Wildman–Crippen LogP) is 2.40. The zero-order valence-electron chi connectivity index (χ0n) is 12.7. The Kier molecular flexibility index (Phi) is 5.42. The van der Waals surface area contributed by atoms with Crippen molar-refractivity contribution in [2.24, 2.45) is 5.41 Å². The molecule has 0 radical (unpaired) electrons. The van der Waals surface area contributed by atoms with Crippen molar-refractivity contribution in [2.75, 3.05) is 32.7 Å². The maximum absolute atomic E-state index is 12.8. The van der Waals surface area contributed by atoms with Crippen LogP contribution in [0.2, 0.25) is 0 Å². The Labute approximate surface area is 122 Å². The van der Waals surface area contributed by atoms with Crippen molar-refractivity contribution in [1.29, 1.82) is 5.26 Å². The first-order chi connectivity index (χ1) is 9.72. The molecule has 2 aliphatic rings. The lowest BCUT2D eigenvalue weighted by atomic mass is 9.80. The standard InChI is InChI=1S/C16H27N3O/c1-2-9-18-10-12-19(13-11-18)15(20)16(14-17)7-5-3-4-6-8-16/h2-13H2,1H3. The predicted molar refractivity (Wildman–Crippen MR) is 79.1 cm³/mol. The zero-order valence-corrected chi connectivity index (χ0v) is 12.7. The van der Waals surface area contributed by atoms with Crippen LogP contribution in [0.3, 0.4) is 0 Å². The van der Waals surface area contributed by atoms with Crippen molar-refractivity contribution < 1.29 is 4.79 Å². The Morgan fingerprint density at radius 3 is 2.20 bits per heavy atom. The summed E-state index contributed by atoms with van der Waals surface area (Å²) in [5, 5.41) is 9.60. The average Bonchev–Trinajstić information content (AvgIpc) is 2.74. The van der Waals surface area contributed by atoms with Gasteiger partial charge in [-0.15, -0.1) is 0 Å². The summed E-state index contributed by atoms with van der Waals surface area (Å²) in [5.41, 5.74) is -0.719. The minimum atomic E-state index is -0.719. The van der Waals surface area contributed by atoms with Crippen LogP contribution in [0.1, 0.15) is 51.9 Å². The highest BCUT2D eigenvalue weighted by Crippen LogP contribution is 2.36. The van der Waals surface area contributed by atoms with E-state index in [1.165, 1.54) is 12.8 Å². The molecule has 1 aliphatic carbocycles. The topological polar surface area (TPSA) is 47.3 Å². The van der Waals surface area contributed by atoms with E-state index in [4.69, 9.17) is 0 Å². The average molecular weight is 277 g/mol. The second-order valence-corrected chi connectivity index (χ2v) is 6.24. The molecule has 2 fully saturated rings. The molecule has 1 amide bonds. The van der Waals surface area contributed by atoms with Gasteiger partial charge in [0.25, 0.3) is 0 Å². The SMILES string of the molecule is CCCN1CCN(C(=O)C2(C#N)CCCCCC2)CC1. The Bertz CT molecular complexity index is 358. The van der Waals surface area contributed by atoms with E-state index in [2.05, 4.69) is 17.9 Å². The van der Waals surface area contributed by atoms with Crippen molar-refractivity contribution in [1.82, 2.24) is 9.80 Å². The normalized spacial score (nSPS) is 23.9.